The lowest BCUT2D eigenvalue weighted by atomic mass is 9.99. The van der Waals surface area contributed by atoms with E-state index in [-0.39, 0.29) is 5.75 Å². The Morgan fingerprint density at radius 1 is 1.10 bits per heavy atom. The number of halogens is 2. The smallest absolute Gasteiger partial charge is 0.165 e. The van der Waals surface area contributed by atoms with Crippen molar-refractivity contribution in [2.24, 2.45) is 5.73 Å². The summed E-state index contributed by atoms with van der Waals surface area (Å²) in [7, 11) is 3.03. The Bertz CT molecular complexity index is 619. The third-order valence-electron chi connectivity index (χ3n) is 3.08. The summed E-state index contributed by atoms with van der Waals surface area (Å²) in [5.41, 5.74) is 7.72. The van der Waals surface area contributed by atoms with Crippen LogP contribution in [0.5, 0.6) is 11.5 Å². The molecule has 2 aromatic rings. The Kier molecular flexibility index (Phi) is 4.62. The van der Waals surface area contributed by atoms with Crippen molar-refractivity contribution in [3.63, 3.8) is 0 Å². The standard InChI is InChI=1S/C15H15BrFNO2/c1-19-10-4-5-11(12(16)8-10)15(18)9-3-6-14(20-2)13(17)7-9/h3-8,15H,18H2,1-2H3. The normalized spacial score (nSPS) is 12.1. The van der Waals surface area contributed by atoms with Crippen molar-refractivity contribution in [3.8, 4) is 11.5 Å². The van der Waals surface area contributed by atoms with E-state index in [1.165, 1.54) is 13.2 Å². The number of benzene rings is 2. The Hall–Kier alpha value is -1.59. The van der Waals surface area contributed by atoms with Gasteiger partial charge in [-0.15, -0.1) is 0 Å². The highest BCUT2D eigenvalue weighted by Crippen LogP contribution is 2.31. The van der Waals surface area contributed by atoms with E-state index in [9.17, 15) is 4.39 Å². The fourth-order valence-electron chi connectivity index (χ4n) is 1.94. The highest BCUT2D eigenvalue weighted by molar-refractivity contribution is 9.10. The maximum absolute atomic E-state index is 13.7. The second kappa shape index (κ2) is 6.24. The molecule has 2 N–H and O–H groups in total. The number of ether oxygens (including phenoxy) is 2. The molecule has 0 amide bonds. The first-order chi connectivity index (χ1) is 9.56. The van der Waals surface area contributed by atoms with Gasteiger partial charge < -0.3 is 15.2 Å². The topological polar surface area (TPSA) is 44.5 Å². The minimum absolute atomic E-state index is 0.203. The molecule has 0 fully saturated rings. The Morgan fingerprint density at radius 2 is 1.85 bits per heavy atom. The Balaban J connectivity index is 2.35. The molecule has 2 rings (SSSR count). The molecule has 3 nitrogen and oxygen atoms in total. The Labute approximate surface area is 125 Å². The van der Waals surface area contributed by atoms with Gasteiger partial charge in [0.25, 0.3) is 0 Å². The predicted octanol–water partition coefficient (Wildman–Crippen LogP) is 3.65. The van der Waals surface area contributed by atoms with Gasteiger partial charge in [0.15, 0.2) is 11.6 Å². The van der Waals surface area contributed by atoms with Crippen LogP contribution in [0, 0.1) is 5.82 Å². The first-order valence-corrected chi connectivity index (χ1v) is 6.78. The van der Waals surface area contributed by atoms with Gasteiger partial charge in [0.1, 0.15) is 5.75 Å². The lowest BCUT2D eigenvalue weighted by molar-refractivity contribution is 0.386. The van der Waals surface area contributed by atoms with Gasteiger partial charge in [-0.2, -0.15) is 0 Å². The average Bonchev–Trinajstić information content (AvgIpc) is 2.46. The van der Waals surface area contributed by atoms with Crippen molar-refractivity contribution < 1.29 is 13.9 Å². The van der Waals surface area contributed by atoms with Crippen LogP contribution in [-0.4, -0.2) is 14.2 Å². The fraction of sp³-hybridized carbons (Fsp3) is 0.200. The zero-order valence-corrected chi connectivity index (χ0v) is 12.8. The molecular formula is C15H15BrFNO2. The fourth-order valence-corrected chi connectivity index (χ4v) is 2.55. The van der Waals surface area contributed by atoms with Crippen molar-refractivity contribution in [2.45, 2.75) is 6.04 Å². The van der Waals surface area contributed by atoms with Crippen LogP contribution in [-0.2, 0) is 0 Å². The highest BCUT2D eigenvalue weighted by atomic mass is 79.9. The summed E-state index contributed by atoms with van der Waals surface area (Å²) in [6.45, 7) is 0. The van der Waals surface area contributed by atoms with Crippen molar-refractivity contribution in [1.82, 2.24) is 0 Å². The molecule has 0 saturated carbocycles. The van der Waals surface area contributed by atoms with E-state index in [0.29, 0.717) is 5.56 Å². The zero-order valence-electron chi connectivity index (χ0n) is 11.2. The minimum atomic E-state index is -0.435. The van der Waals surface area contributed by atoms with Crippen LogP contribution in [0.1, 0.15) is 17.2 Å². The van der Waals surface area contributed by atoms with Gasteiger partial charge in [0.2, 0.25) is 0 Å². The number of methoxy groups -OCH3 is 2. The van der Waals surface area contributed by atoms with E-state index >= 15 is 0 Å². The monoisotopic (exact) mass is 339 g/mol. The molecular weight excluding hydrogens is 325 g/mol. The molecule has 106 valence electrons. The quantitative estimate of drug-likeness (QED) is 0.924. The molecule has 0 aliphatic rings. The Morgan fingerprint density at radius 3 is 2.40 bits per heavy atom. The summed E-state index contributed by atoms with van der Waals surface area (Å²) in [5, 5.41) is 0. The predicted molar refractivity (Wildman–Crippen MR) is 79.7 cm³/mol. The first kappa shape index (κ1) is 14.8. The molecule has 0 spiro atoms. The van der Waals surface area contributed by atoms with Crippen LogP contribution >= 0.6 is 15.9 Å². The van der Waals surface area contributed by atoms with Crippen LogP contribution in [0.3, 0.4) is 0 Å². The van der Waals surface area contributed by atoms with Gasteiger partial charge in [0, 0.05) is 4.47 Å². The van der Waals surface area contributed by atoms with Crippen molar-refractivity contribution in [1.29, 1.82) is 0 Å². The molecule has 5 heteroatoms. The molecule has 1 unspecified atom stereocenters. The largest absolute Gasteiger partial charge is 0.497 e. The third-order valence-corrected chi connectivity index (χ3v) is 3.76. The maximum Gasteiger partial charge on any atom is 0.165 e. The molecule has 0 aromatic heterocycles. The zero-order chi connectivity index (χ0) is 14.7. The average molecular weight is 340 g/mol. The summed E-state index contributed by atoms with van der Waals surface area (Å²) in [5.74, 6) is 0.508. The van der Waals surface area contributed by atoms with Gasteiger partial charge >= 0.3 is 0 Å². The van der Waals surface area contributed by atoms with Gasteiger partial charge in [-0.05, 0) is 35.4 Å². The maximum atomic E-state index is 13.7. The lowest BCUT2D eigenvalue weighted by Gasteiger charge is -2.16. The summed E-state index contributed by atoms with van der Waals surface area (Å²) >= 11 is 3.45. The second-order valence-electron chi connectivity index (χ2n) is 4.26. The molecule has 0 aliphatic heterocycles. The molecule has 0 bridgehead atoms. The second-order valence-corrected chi connectivity index (χ2v) is 5.11. The third kappa shape index (κ3) is 2.94. The molecule has 0 saturated heterocycles. The van der Waals surface area contributed by atoms with E-state index in [1.807, 2.05) is 18.2 Å². The first-order valence-electron chi connectivity index (χ1n) is 5.99. The summed E-state index contributed by atoms with van der Waals surface area (Å²) in [6.07, 6.45) is 0. The highest BCUT2D eigenvalue weighted by Gasteiger charge is 2.15. The number of rotatable bonds is 4. The van der Waals surface area contributed by atoms with Crippen LogP contribution in [0.25, 0.3) is 0 Å². The van der Waals surface area contributed by atoms with Crippen molar-refractivity contribution >= 4 is 15.9 Å². The molecule has 20 heavy (non-hydrogen) atoms. The molecule has 2 aromatic carbocycles. The number of hydrogen-bond donors (Lipinski definition) is 1. The summed E-state index contributed by atoms with van der Waals surface area (Å²) in [4.78, 5) is 0. The van der Waals surface area contributed by atoms with Gasteiger partial charge in [-0.3, -0.25) is 0 Å². The van der Waals surface area contributed by atoms with Crippen molar-refractivity contribution in [2.75, 3.05) is 14.2 Å². The molecule has 0 heterocycles. The molecule has 0 radical (unpaired) electrons. The van der Waals surface area contributed by atoms with Gasteiger partial charge in [0.05, 0.1) is 20.3 Å². The van der Waals surface area contributed by atoms with E-state index in [2.05, 4.69) is 15.9 Å². The van der Waals surface area contributed by atoms with E-state index < -0.39 is 11.9 Å². The van der Waals surface area contributed by atoms with Gasteiger partial charge in [-0.25, -0.2) is 4.39 Å². The molecule has 0 aliphatic carbocycles. The SMILES string of the molecule is COc1ccc(C(N)c2ccc(OC)c(F)c2)c(Br)c1. The number of nitrogens with two attached hydrogens (primary N) is 1. The van der Waals surface area contributed by atoms with E-state index in [1.54, 1.807) is 19.2 Å². The van der Waals surface area contributed by atoms with Crippen LogP contribution in [0.15, 0.2) is 40.9 Å². The van der Waals surface area contributed by atoms with E-state index in [4.69, 9.17) is 15.2 Å². The van der Waals surface area contributed by atoms with Crippen LogP contribution in [0.2, 0.25) is 0 Å². The summed E-state index contributed by atoms with van der Waals surface area (Å²) < 4.78 is 24.6. The van der Waals surface area contributed by atoms with Crippen LogP contribution in [0.4, 0.5) is 4.39 Å². The minimum Gasteiger partial charge on any atom is -0.497 e. The summed E-state index contributed by atoms with van der Waals surface area (Å²) in [6, 6.07) is 9.78. The van der Waals surface area contributed by atoms with Crippen molar-refractivity contribution in [3.05, 3.63) is 57.8 Å². The molecule has 1 atom stereocenters. The van der Waals surface area contributed by atoms with E-state index in [0.717, 1.165) is 15.8 Å². The van der Waals surface area contributed by atoms with Crippen LogP contribution < -0.4 is 15.2 Å². The van der Waals surface area contributed by atoms with Gasteiger partial charge in [-0.1, -0.05) is 28.1 Å². The lowest BCUT2D eigenvalue weighted by Crippen LogP contribution is -2.13. The number of hydrogen-bond acceptors (Lipinski definition) is 3.